The maximum atomic E-state index is 13.1. The van der Waals surface area contributed by atoms with Crippen LogP contribution < -0.4 is 9.47 Å². The van der Waals surface area contributed by atoms with Crippen molar-refractivity contribution in [1.82, 2.24) is 0 Å². The fraction of sp³-hybridized carbons (Fsp3) is 0.0714. The van der Waals surface area contributed by atoms with Crippen molar-refractivity contribution >= 4 is 18.7 Å². The summed E-state index contributed by atoms with van der Waals surface area (Å²) >= 11 is 0. The molecule has 0 unspecified atom stereocenters. The van der Waals surface area contributed by atoms with Crippen LogP contribution in [0.4, 0.5) is 0 Å². The summed E-state index contributed by atoms with van der Waals surface area (Å²) in [7, 11) is 0. The lowest BCUT2D eigenvalue weighted by Crippen LogP contribution is -2.14. The lowest BCUT2D eigenvalue weighted by molar-refractivity contribution is -0.253. The molecule has 0 bridgehead atoms. The van der Waals surface area contributed by atoms with Crippen molar-refractivity contribution in [3.8, 4) is 28.4 Å². The van der Waals surface area contributed by atoms with Crippen LogP contribution in [0, 0.1) is 0 Å². The summed E-state index contributed by atoms with van der Waals surface area (Å²) in [5, 5.41) is 18.8. The predicted molar refractivity (Wildman–Crippen MR) is 190 cm³/mol. The van der Waals surface area contributed by atoms with E-state index in [4.69, 9.17) is 19.5 Å². The van der Waals surface area contributed by atoms with Gasteiger partial charge in [0.2, 0.25) is 0 Å². The molecular weight excluding hydrogens is 632 g/mol. The summed E-state index contributed by atoms with van der Waals surface area (Å²) in [6.45, 7) is 1.99. The number of hydrogen-bond acceptors (Lipinski definition) is 7. The zero-order valence-corrected chi connectivity index (χ0v) is 27.0. The van der Waals surface area contributed by atoms with E-state index >= 15 is 0 Å². The molecule has 8 nitrogen and oxygen atoms in total. The van der Waals surface area contributed by atoms with Gasteiger partial charge in [0.1, 0.15) is 30.6 Å². The van der Waals surface area contributed by atoms with Crippen molar-refractivity contribution in [1.29, 1.82) is 0 Å². The molecule has 0 saturated heterocycles. The average molecular weight is 667 g/mol. The number of ether oxygens (including phenoxy) is 2. The number of carboxylic acids is 1. The Balaban J connectivity index is 0.00000239. The Morgan fingerprint density at radius 1 is 0.560 bits per heavy atom. The van der Waals surface area contributed by atoms with E-state index in [-0.39, 0.29) is 17.7 Å². The van der Waals surface area contributed by atoms with Crippen LogP contribution in [0.2, 0.25) is 0 Å². The van der Waals surface area contributed by atoms with Crippen molar-refractivity contribution in [2.75, 3.05) is 0 Å². The average Bonchev–Trinajstić information content (AvgIpc) is 3.15. The largest absolute Gasteiger partial charge is 0.478 e. The molecule has 0 amide bonds. The van der Waals surface area contributed by atoms with Crippen LogP contribution in [0.3, 0.4) is 0 Å². The Hall–Kier alpha value is -6.35. The van der Waals surface area contributed by atoms with Gasteiger partial charge in [-0.2, -0.15) is 0 Å². The van der Waals surface area contributed by atoms with Crippen LogP contribution in [0.15, 0.2) is 146 Å². The molecule has 0 aliphatic rings. The third-order valence-electron chi connectivity index (χ3n) is 7.87. The van der Waals surface area contributed by atoms with Gasteiger partial charge in [-0.3, -0.25) is 5.26 Å². The second-order valence-electron chi connectivity index (χ2n) is 11.3. The second-order valence-corrected chi connectivity index (χ2v) is 11.3. The number of carbonyl (C=O) groups excluding carboxylic acids is 2. The van der Waals surface area contributed by atoms with Gasteiger partial charge in [-0.05, 0) is 88.7 Å². The van der Waals surface area contributed by atoms with Crippen LogP contribution in [0.25, 0.3) is 11.1 Å². The third-order valence-corrected chi connectivity index (χ3v) is 7.87. The molecule has 0 aliphatic carbocycles. The molecule has 6 aromatic carbocycles. The maximum Gasteiger partial charge on any atom is 0.344 e. The first-order valence-electron chi connectivity index (χ1n) is 15.7. The lowest BCUT2D eigenvalue weighted by atomic mass is 9.99. The van der Waals surface area contributed by atoms with Crippen LogP contribution >= 0.6 is 0 Å². The van der Waals surface area contributed by atoms with Gasteiger partial charge in [0.05, 0.1) is 11.1 Å². The van der Waals surface area contributed by atoms with E-state index in [2.05, 4.69) is 17.0 Å². The molecule has 0 aromatic heterocycles. The Labute approximate surface area is 289 Å². The number of hydrogen-bond donors (Lipinski definition) is 2. The lowest BCUT2D eigenvalue weighted by Gasteiger charge is -2.13. The van der Waals surface area contributed by atoms with Gasteiger partial charge in [0.15, 0.2) is 0 Å². The topological polar surface area (TPSA) is 119 Å². The van der Waals surface area contributed by atoms with Crippen molar-refractivity contribution in [3.63, 3.8) is 0 Å². The van der Waals surface area contributed by atoms with Gasteiger partial charge in [0.25, 0.3) is 0 Å². The molecule has 250 valence electrons. The Kier molecular flexibility index (Phi) is 12.0. The molecule has 6 rings (SSSR count). The zero-order valence-electron chi connectivity index (χ0n) is 27.0. The number of esters is 1. The van der Waals surface area contributed by atoms with Crippen LogP contribution in [0.1, 0.15) is 48.5 Å². The molecule has 0 aliphatic heterocycles. The molecule has 0 spiro atoms. The molecule has 0 atom stereocenters. The summed E-state index contributed by atoms with van der Waals surface area (Å²) in [6.07, 6.45) is 1.29. The summed E-state index contributed by atoms with van der Waals surface area (Å²) in [5.41, 5.74) is 6.48. The molecule has 50 heavy (non-hydrogen) atoms. The van der Waals surface area contributed by atoms with E-state index in [1.807, 2.05) is 110 Å². The van der Waals surface area contributed by atoms with Crippen molar-refractivity contribution in [2.24, 2.45) is 0 Å². The molecule has 2 N–H and O–H groups in total. The quantitative estimate of drug-likeness (QED) is 0.0575. The van der Waals surface area contributed by atoms with Crippen LogP contribution in [-0.4, -0.2) is 29.1 Å². The smallest absolute Gasteiger partial charge is 0.344 e. The third kappa shape index (κ3) is 9.17. The highest BCUT2D eigenvalue weighted by atomic mass is 17.1. The first kappa shape index (κ1) is 35.0. The maximum absolute atomic E-state index is 13.1. The first-order chi connectivity index (χ1) is 24.4. The van der Waals surface area contributed by atoms with Crippen molar-refractivity contribution in [3.05, 3.63) is 185 Å². The molecule has 0 radical (unpaired) electrons. The number of benzene rings is 6. The Bertz CT molecular complexity index is 2020. The van der Waals surface area contributed by atoms with Crippen LogP contribution in [0.5, 0.6) is 17.2 Å². The predicted octanol–water partition coefficient (Wildman–Crippen LogP) is 9.05. The van der Waals surface area contributed by atoms with E-state index in [0.717, 1.165) is 34.2 Å². The van der Waals surface area contributed by atoms with Gasteiger partial charge in [-0.1, -0.05) is 103 Å². The van der Waals surface area contributed by atoms with Gasteiger partial charge < -0.3 is 19.4 Å². The fourth-order valence-electron chi connectivity index (χ4n) is 5.43. The van der Waals surface area contributed by atoms with E-state index in [0.29, 0.717) is 29.2 Å². The fourth-order valence-corrected chi connectivity index (χ4v) is 5.43. The molecule has 0 saturated carbocycles. The van der Waals surface area contributed by atoms with E-state index in [1.165, 1.54) is 11.6 Å². The minimum absolute atomic E-state index is 0.00472. The second kappa shape index (κ2) is 17.2. The highest BCUT2D eigenvalue weighted by Crippen LogP contribution is 2.31. The summed E-state index contributed by atoms with van der Waals surface area (Å²) < 4.78 is 11.8. The number of rotatable bonds is 12. The summed E-state index contributed by atoms with van der Waals surface area (Å²) in [5.74, 6) is -0.441. The van der Waals surface area contributed by atoms with Gasteiger partial charge in [-0.15, -0.1) is 0 Å². The standard InChI is InChI=1S/C41H32O7.CH2O/c42-40(43)37-22-12-30(23-28-7-3-1-4-8-28)25-38(37)41(44)48-36-20-16-33(17-21-36)32-14-18-35(19-15-32)47-39-26-31(11-13-34(39)27-46-45)24-29-9-5-2-6-10-29;1-2/h1-22,25-26,45H,23-24,27H2,(H,42,43);1H2. The van der Waals surface area contributed by atoms with Gasteiger partial charge >= 0.3 is 11.9 Å². The molecular formula is C42H34O8. The summed E-state index contributed by atoms with van der Waals surface area (Å²) in [6, 6.07) is 45.0. The van der Waals surface area contributed by atoms with Crippen LogP contribution in [-0.2, 0) is 29.1 Å². The highest BCUT2D eigenvalue weighted by molar-refractivity contribution is 6.03. The number of carboxylic acid groups (broad SMARTS) is 1. The van der Waals surface area contributed by atoms with E-state index in [1.54, 1.807) is 24.3 Å². The molecule has 0 fully saturated rings. The molecule has 0 heterocycles. The minimum Gasteiger partial charge on any atom is -0.478 e. The minimum atomic E-state index is -1.20. The van der Waals surface area contributed by atoms with Crippen molar-refractivity contribution in [2.45, 2.75) is 19.4 Å². The monoisotopic (exact) mass is 666 g/mol. The van der Waals surface area contributed by atoms with Gasteiger partial charge in [-0.25, -0.2) is 14.5 Å². The Morgan fingerprint density at radius 2 is 1.08 bits per heavy atom. The number of carbonyl (C=O) groups is 3. The van der Waals surface area contributed by atoms with E-state index in [9.17, 15) is 14.7 Å². The highest BCUT2D eigenvalue weighted by Gasteiger charge is 2.19. The number of aromatic carboxylic acids is 1. The van der Waals surface area contributed by atoms with Gasteiger partial charge in [0, 0.05) is 5.56 Å². The SMILES string of the molecule is C=O.O=C(O)c1ccc(Cc2ccccc2)cc1C(=O)Oc1ccc(-c2ccc(Oc3cc(Cc4ccccc4)ccc3COO)cc2)cc1. The van der Waals surface area contributed by atoms with E-state index < -0.39 is 11.9 Å². The Morgan fingerprint density at radius 3 is 1.62 bits per heavy atom. The zero-order chi connectivity index (χ0) is 35.3. The first-order valence-corrected chi connectivity index (χ1v) is 15.7. The summed E-state index contributed by atoms with van der Waals surface area (Å²) in [4.78, 5) is 37.4. The molecule has 8 heteroatoms. The normalized spacial score (nSPS) is 10.4. The molecule has 6 aromatic rings. The van der Waals surface area contributed by atoms with Crippen molar-refractivity contribution < 1.29 is 39.1 Å².